The van der Waals surface area contributed by atoms with Gasteiger partial charge in [0, 0.05) is 17.7 Å². The van der Waals surface area contributed by atoms with Gasteiger partial charge in [-0.05, 0) is 31.0 Å². The smallest absolute Gasteiger partial charge is 0.124 e. The molecule has 4 heteroatoms. The molecule has 0 amide bonds. The summed E-state index contributed by atoms with van der Waals surface area (Å²) in [5.74, 6) is 1.02. The summed E-state index contributed by atoms with van der Waals surface area (Å²) in [4.78, 5) is 0. The zero-order chi connectivity index (χ0) is 14.5. The third-order valence-electron chi connectivity index (χ3n) is 3.94. The SMILES string of the molecule is Cl.Oc1cc(OCc2ccccc2)ccc1[C@@H]1CCCCN1. The first kappa shape index (κ1) is 16.7. The van der Waals surface area contributed by atoms with E-state index in [0.717, 1.165) is 24.1 Å². The largest absolute Gasteiger partial charge is 0.507 e. The van der Waals surface area contributed by atoms with Gasteiger partial charge in [0.2, 0.25) is 0 Å². The van der Waals surface area contributed by atoms with Gasteiger partial charge >= 0.3 is 0 Å². The van der Waals surface area contributed by atoms with Gasteiger partial charge in [-0.1, -0.05) is 42.8 Å². The molecule has 0 radical (unpaired) electrons. The summed E-state index contributed by atoms with van der Waals surface area (Å²) in [5, 5.41) is 13.7. The number of piperidine rings is 1. The standard InChI is InChI=1S/C18H21NO2.ClH/c20-18-12-15(21-13-14-6-2-1-3-7-14)9-10-16(18)17-8-4-5-11-19-17;/h1-3,6-7,9-10,12,17,19-20H,4-5,8,11,13H2;1H/t17-;/m0./s1. The van der Waals surface area contributed by atoms with Gasteiger partial charge in [-0.15, -0.1) is 12.4 Å². The number of hydrogen-bond acceptors (Lipinski definition) is 3. The molecule has 1 saturated heterocycles. The van der Waals surface area contributed by atoms with Crippen molar-refractivity contribution in [3.63, 3.8) is 0 Å². The summed E-state index contributed by atoms with van der Waals surface area (Å²) in [7, 11) is 0. The van der Waals surface area contributed by atoms with Crippen molar-refractivity contribution in [3.05, 3.63) is 59.7 Å². The third kappa shape index (κ3) is 4.15. The quantitative estimate of drug-likeness (QED) is 0.887. The molecule has 2 aromatic carbocycles. The summed E-state index contributed by atoms with van der Waals surface area (Å²) >= 11 is 0. The first-order chi connectivity index (χ1) is 10.3. The highest BCUT2D eigenvalue weighted by Gasteiger charge is 2.18. The maximum absolute atomic E-state index is 10.2. The topological polar surface area (TPSA) is 41.5 Å². The normalized spacial score (nSPS) is 17.5. The maximum atomic E-state index is 10.2. The number of ether oxygens (including phenoxy) is 1. The lowest BCUT2D eigenvalue weighted by molar-refractivity contribution is 0.303. The molecular formula is C18H22ClNO2. The first-order valence-corrected chi connectivity index (χ1v) is 7.56. The molecule has 1 heterocycles. The number of halogens is 1. The van der Waals surface area contributed by atoms with Crippen LogP contribution in [0.4, 0.5) is 0 Å². The molecule has 0 unspecified atom stereocenters. The van der Waals surface area contributed by atoms with Crippen LogP contribution < -0.4 is 10.1 Å². The fourth-order valence-corrected chi connectivity index (χ4v) is 2.77. The molecule has 22 heavy (non-hydrogen) atoms. The van der Waals surface area contributed by atoms with Gasteiger partial charge in [-0.3, -0.25) is 0 Å². The van der Waals surface area contributed by atoms with Crippen molar-refractivity contribution < 1.29 is 9.84 Å². The number of phenolic OH excluding ortho intramolecular Hbond substituents is 1. The number of aromatic hydroxyl groups is 1. The maximum Gasteiger partial charge on any atom is 0.124 e. The Morgan fingerprint density at radius 2 is 1.91 bits per heavy atom. The van der Waals surface area contributed by atoms with Gasteiger partial charge in [0.05, 0.1) is 0 Å². The second-order valence-corrected chi connectivity index (χ2v) is 5.50. The van der Waals surface area contributed by atoms with E-state index in [-0.39, 0.29) is 18.4 Å². The van der Waals surface area contributed by atoms with Crippen LogP contribution >= 0.6 is 12.4 Å². The Hall–Kier alpha value is -1.71. The highest BCUT2D eigenvalue weighted by atomic mass is 35.5. The minimum Gasteiger partial charge on any atom is -0.507 e. The van der Waals surface area contributed by atoms with E-state index in [9.17, 15) is 5.11 Å². The summed E-state index contributed by atoms with van der Waals surface area (Å²) < 4.78 is 5.73. The van der Waals surface area contributed by atoms with E-state index in [2.05, 4.69) is 5.32 Å². The molecule has 2 N–H and O–H groups in total. The lowest BCUT2D eigenvalue weighted by Crippen LogP contribution is -2.26. The van der Waals surface area contributed by atoms with Crippen molar-refractivity contribution in [2.75, 3.05) is 6.54 Å². The highest BCUT2D eigenvalue weighted by Crippen LogP contribution is 2.32. The molecule has 1 fully saturated rings. The minimum atomic E-state index is 0. The predicted octanol–water partition coefficient (Wildman–Crippen LogP) is 4.21. The van der Waals surface area contributed by atoms with Gasteiger partial charge < -0.3 is 15.2 Å². The Morgan fingerprint density at radius 1 is 1.09 bits per heavy atom. The van der Waals surface area contributed by atoms with E-state index in [4.69, 9.17) is 4.74 Å². The fourth-order valence-electron chi connectivity index (χ4n) is 2.77. The van der Waals surface area contributed by atoms with Crippen LogP contribution in [0.1, 0.15) is 36.4 Å². The molecule has 1 atom stereocenters. The van der Waals surface area contributed by atoms with Crippen LogP contribution in [0.3, 0.4) is 0 Å². The molecule has 0 aromatic heterocycles. The average molecular weight is 320 g/mol. The molecular weight excluding hydrogens is 298 g/mol. The lowest BCUT2D eigenvalue weighted by atomic mass is 9.97. The fraction of sp³-hybridized carbons (Fsp3) is 0.333. The van der Waals surface area contributed by atoms with Crippen molar-refractivity contribution >= 4 is 12.4 Å². The van der Waals surface area contributed by atoms with Crippen molar-refractivity contribution in [2.45, 2.75) is 31.9 Å². The Balaban J connectivity index is 0.00000176. The molecule has 0 spiro atoms. The van der Waals surface area contributed by atoms with Crippen LogP contribution in [-0.2, 0) is 6.61 Å². The number of phenols is 1. The zero-order valence-electron chi connectivity index (χ0n) is 12.5. The average Bonchev–Trinajstić information content (AvgIpc) is 2.55. The molecule has 2 aromatic rings. The number of rotatable bonds is 4. The van der Waals surface area contributed by atoms with Gasteiger partial charge in [0.1, 0.15) is 18.1 Å². The van der Waals surface area contributed by atoms with E-state index >= 15 is 0 Å². The monoisotopic (exact) mass is 319 g/mol. The molecule has 118 valence electrons. The van der Waals surface area contributed by atoms with E-state index in [1.165, 1.54) is 12.8 Å². The van der Waals surface area contributed by atoms with Crippen molar-refractivity contribution in [1.29, 1.82) is 0 Å². The van der Waals surface area contributed by atoms with Crippen LogP contribution in [0.25, 0.3) is 0 Å². The molecule has 3 nitrogen and oxygen atoms in total. The second kappa shape index (κ2) is 8.06. The number of benzene rings is 2. The van der Waals surface area contributed by atoms with Gasteiger partial charge in [0.15, 0.2) is 0 Å². The molecule has 3 rings (SSSR count). The van der Waals surface area contributed by atoms with Gasteiger partial charge in [0.25, 0.3) is 0 Å². The minimum absolute atomic E-state index is 0. The summed E-state index contributed by atoms with van der Waals surface area (Å²) in [6.45, 7) is 1.54. The Bertz CT molecular complexity index is 583. The van der Waals surface area contributed by atoms with E-state index in [1.807, 2.05) is 42.5 Å². The van der Waals surface area contributed by atoms with Crippen LogP contribution in [0.2, 0.25) is 0 Å². The number of nitrogens with one attached hydrogen (secondary N) is 1. The zero-order valence-corrected chi connectivity index (χ0v) is 13.3. The first-order valence-electron chi connectivity index (χ1n) is 7.56. The van der Waals surface area contributed by atoms with Crippen LogP contribution in [0.15, 0.2) is 48.5 Å². The molecule has 0 saturated carbocycles. The Labute approximate surface area is 137 Å². The third-order valence-corrected chi connectivity index (χ3v) is 3.94. The molecule has 1 aliphatic rings. The molecule has 0 bridgehead atoms. The molecule has 1 aliphatic heterocycles. The van der Waals surface area contributed by atoms with E-state index in [1.54, 1.807) is 6.07 Å². The van der Waals surface area contributed by atoms with Gasteiger partial charge in [-0.2, -0.15) is 0 Å². The summed E-state index contributed by atoms with van der Waals surface area (Å²) in [6, 6.07) is 15.9. The van der Waals surface area contributed by atoms with E-state index in [0.29, 0.717) is 18.1 Å². The predicted molar refractivity (Wildman–Crippen MR) is 90.7 cm³/mol. The van der Waals surface area contributed by atoms with Crippen molar-refractivity contribution in [2.24, 2.45) is 0 Å². The number of hydrogen-bond donors (Lipinski definition) is 2. The lowest BCUT2D eigenvalue weighted by Gasteiger charge is -2.24. The van der Waals surface area contributed by atoms with Crippen LogP contribution in [0.5, 0.6) is 11.5 Å². The summed E-state index contributed by atoms with van der Waals surface area (Å²) in [6.07, 6.45) is 3.51. The Morgan fingerprint density at radius 3 is 2.59 bits per heavy atom. The van der Waals surface area contributed by atoms with Crippen LogP contribution in [-0.4, -0.2) is 11.7 Å². The van der Waals surface area contributed by atoms with E-state index < -0.39 is 0 Å². The highest BCUT2D eigenvalue weighted by molar-refractivity contribution is 5.85. The second-order valence-electron chi connectivity index (χ2n) is 5.50. The Kier molecular flexibility index (Phi) is 6.10. The van der Waals surface area contributed by atoms with Gasteiger partial charge in [-0.25, -0.2) is 0 Å². The molecule has 0 aliphatic carbocycles. The van der Waals surface area contributed by atoms with Crippen molar-refractivity contribution in [3.8, 4) is 11.5 Å². The summed E-state index contributed by atoms with van der Waals surface area (Å²) in [5.41, 5.74) is 2.09. The van der Waals surface area contributed by atoms with Crippen LogP contribution in [0, 0.1) is 0 Å². The van der Waals surface area contributed by atoms with Crippen molar-refractivity contribution in [1.82, 2.24) is 5.32 Å².